The van der Waals surface area contributed by atoms with Gasteiger partial charge in [0, 0.05) is 10.6 Å². The first kappa shape index (κ1) is 26.7. The lowest BCUT2D eigenvalue weighted by Gasteiger charge is -2.24. The number of nitrogens with zero attached hydrogens (tertiary/aromatic N) is 1. The van der Waals surface area contributed by atoms with E-state index < -0.39 is 35.3 Å². The van der Waals surface area contributed by atoms with Gasteiger partial charge in [-0.1, -0.05) is 29.3 Å². The van der Waals surface area contributed by atoms with Crippen LogP contribution in [0.15, 0.2) is 66.7 Å². The molecule has 9 nitrogen and oxygen atoms in total. The van der Waals surface area contributed by atoms with Gasteiger partial charge in [0.25, 0.3) is 11.8 Å². The minimum absolute atomic E-state index is 0.0819. The average molecular weight is 537 g/mol. The minimum Gasteiger partial charge on any atom is -0.497 e. The number of nitrogens with one attached hydrogen (secondary N) is 1. The van der Waals surface area contributed by atoms with Gasteiger partial charge >= 0.3 is 6.09 Å². The number of aryl methyl sites for hydroxylation is 1. The summed E-state index contributed by atoms with van der Waals surface area (Å²) >= 11 is 6.18. The van der Waals surface area contributed by atoms with Gasteiger partial charge in [-0.2, -0.15) is 0 Å². The van der Waals surface area contributed by atoms with Crippen LogP contribution in [0.3, 0.4) is 0 Å². The molecule has 0 aromatic heterocycles. The maximum Gasteiger partial charge on any atom is 0.418 e. The lowest BCUT2D eigenvalue weighted by molar-refractivity contribution is -0.137. The van der Waals surface area contributed by atoms with Crippen molar-refractivity contribution in [1.82, 2.24) is 4.90 Å². The van der Waals surface area contributed by atoms with Gasteiger partial charge in [-0.05, 0) is 75.4 Å². The summed E-state index contributed by atoms with van der Waals surface area (Å²) in [6, 6.07) is 15.9. The molecular weight excluding hydrogens is 512 g/mol. The molecule has 0 bridgehead atoms. The number of Topliss-reactive ketones (excluding diaryl/α,β-unsaturated/α-hetero) is 1. The van der Waals surface area contributed by atoms with Gasteiger partial charge in [0.05, 0.1) is 12.8 Å². The van der Waals surface area contributed by atoms with Crippen LogP contribution < -0.4 is 14.8 Å². The Kier molecular flexibility index (Phi) is 7.41. The van der Waals surface area contributed by atoms with E-state index in [1.807, 2.05) is 19.1 Å². The number of ketones is 1. The summed E-state index contributed by atoms with van der Waals surface area (Å²) in [5.41, 5.74) is -0.300. The van der Waals surface area contributed by atoms with E-state index in [1.54, 1.807) is 24.3 Å². The molecule has 38 heavy (non-hydrogen) atoms. The van der Waals surface area contributed by atoms with Crippen LogP contribution in [0.5, 0.6) is 17.2 Å². The van der Waals surface area contributed by atoms with E-state index in [0.29, 0.717) is 16.4 Å². The molecule has 0 aliphatic carbocycles. The fourth-order valence-electron chi connectivity index (χ4n) is 3.80. The van der Waals surface area contributed by atoms with E-state index in [9.17, 15) is 19.2 Å². The number of rotatable bonds is 8. The van der Waals surface area contributed by atoms with Crippen LogP contribution in [0, 0.1) is 6.92 Å². The van der Waals surface area contributed by atoms with Crippen molar-refractivity contribution in [2.45, 2.75) is 32.4 Å². The highest BCUT2D eigenvalue weighted by molar-refractivity contribution is 6.31. The van der Waals surface area contributed by atoms with Gasteiger partial charge in [0.2, 0.25) is 0 Å². The number of carbonyl (C=O) groups is 4. The first-order chi connectivity index (χ1) is 18.0. The second-order valence-corrected chi connectivity index (χ2v) is 9.53. The van der Waals surface area contributed by atoms with Crippen molar-refractivity contribution < 1.29 is 33.4 Å². The van der Waals surface area contributed by atoms with Crippen molar-refractivity contribution in [3.63, 3.8) is 0 Å². The number of methoxy groups -OCH3 is 1. The summed E-state index contributed by atoms with van der Waals surface area (Å²) in [5, 5.41) is 2.89. The summed E-state index contributed by atoms with van der Waals surface area (Å²) in [5.74, 6) is -1.36. The Balaban J connectivity index is 1.70. The maximum atomic E-state index is 13.6. The standard InChI is InChI=1S/C28H25ClN2O7/c1-16-5-10-20(11-6-16)37-22-14-9-18(29)15-21(22)30-25(33)23(31-26(34)28(2,3)38-27(31)35)24(32)17-7-12-19(36-4)13-8-17/h5-15,23H,1-4H3,(H,30,33). The smallest absolute Gasteiger partial charge is 0.418 e. The largest absolute Gasteiger partial charge is 0.497 e. The third kappa shape index (κ3) is 5.47. The number of imide groups is 1. The van der Waals surface area contributed by atoms with Gasteiger partial charge in [-0.25, -0.2) is 9.69 Å². The number of ether oxygens (including phenoxy) is 3. The number of anilines is 1. The van der Waals surface area contributed by atoms with Crippen molar-refractivity contribution in [2.24, 2.45) is 0 Å². The molecule has 196 valence electrons. The number of amides is 3. The van der Waals surface area contributed by atoms with Crippen molar-refractivity contribution in [3.05, 3.63) is 82.9 Å². The minimum atomic E-state index is -1.86. The first-order valence-electron chi connectivity index (χ1n) is 11.6. The SMILES string of the molecule is COc1ccc(C(=O)C(C(=O)Nc2cc(Cl)ccc2Oc2ccc(C)cc2)N2C(=O)OC(C)(C)C2=O)cc1. The lowest BCUT2D eigenvalue weighted by atomic mass is 10.00. The molecule has 1 saturated heterocycles. The zero-order valence-corrected chi connectivity index (χ0v) is 21.9. The van der Waals surface area contributed by atoms with E-state index in [4.69, 9.17) is 25.8 Å². The van der Waals surface area contributed by atoms with E-state index in [2.05, 4.69) is 5.32 Å². The van der Waals surface area contributed by atoms with Gasteiger partial charge in [0.1, 0.15) is 11.5 Å². The second kappa shape index (κ2) is 10.5. The Hall–Kier alpha value is -4.37. The Bertz CT molecular complexity index is 1400. The zero-order chi connectivity index (χ0) is 27.6. The van der Waals surface area contributed by atoms with Crippen molar-refractivity contribution in [1.29, 1.82) is 0 Å². The molecule has 0 spiro atoms. The molecule has 1 N–H and O–H groups in total. The second-order valence-electron chi connectivity index (χ2n) is 9.09. The molecular formula is C28H25ClN2O7. The topological polar surface area (TPSA) is 111 Å². The van der Waals surface area contributed by atoms with Crippen molar-refractivity contribution >= 4 is 41.0 Å². The number of cyclic esters (lactones) is 1. The molecule has 3 aromatic carbocycles. The normalized spacial score (nSPS) is 15.0. The summed E-state index contributed by atoms with van der Waals surface area (Å²) in [6.07, 6.45) is -1.11. The number of carbonyl (C=O) groups excluding carboxylic acids is 4. The number of hydrogen-bond acceptors (Lipinski definition) is 7. The van der Waals surface area contributed by atoms with Gasteiger partial charge in [-0.15, -0.1) is 0 Å². The molecule has 3 aromatic rings. The van der Waals surface area contributed by atoms with Crippen LogP contribution in [0.1, 0.15) is 29.8 Å². The molecule has 1 aliphatic rings. The summed E-state index contributed by atoms with van der Waals surface area (Å²) in [4.78, 5) is 53.5. The van der Waals surface area contributed by atoms with E-state index >= 15 is 0 Å². The summed E-state index contributed by atoms with van der Waals surface area (Å²) in [7, 11) is 1.47. The van der Waals surface area contributed by atoms with Crippen LogP contribution in [0.2, 0.25) is 5.02 Å². The Morgan fingerprint density at radius 3 is 2.18 bits per heavy atom. The van der Waals surface area contributed by atoms with Crippen LogP contribution in [-0.4, -0.2) is 47.3 Å². The summed E-state index contributed by atoms with van der Waals surface area (Å²) in [6.45, 7) is 4.69. The van der Waals surface area contributed by atoms with Crippen molar-refractivity contribution in [2.75, 3.05) is 12.4 Å². The predicted molar refractivity (Wildman–Crippen MR) is 140 cm³/mol. The molecule has 10 heteroatoms. The van der Waals surface area contributed by atoms with E-state index in [1.165, 1.54) is 51.3 Å². The zero-order valence-electron chi connectivity index (χ0n) is 21.1. The van der Waals surface area contributed by atoms with Crippen LogP contribution in [0.25, 0.3) is 0 Å². The first-order valence-corrected chi connectivity index (χ1v) is 12.0. The molecule has 0 radical (unpaired) electrons. The van der Waals surface area contributed by atoms with Gasteiger partial charge in [0.15, 0.2) is 23.2 Å². The molecule has 1 fully saturated rings. The highest BCUT2D eigenvalue weighted by atomic mass is 35.5. The average Bonchev–Trinajstić information content (AvgIpc) is 3.08. The quantitative estimate of drug-likeness (QED) is 0.303. The number of halogens is 1. The highest BCUT2D eigenvalue weighted by Gasteiger charge is 2.54. The van der Waals surface area contributed by atoms with E-state index in [-0.39, 0.29) is 22.0 Å². The number of hydrogen-bond donors (Lipinski definition) is 1. The third-order valence-corrected chi connectivity index (χ3v) is 6.09. The highest BCUT2D eigenvalue weighted by Crippen LogP contribution is 2.34. The maximum absolute atomic E-state index is 13.6. The third-order valence-electron chi connectivity index (χ3n) is 5.85. The summed E-state index contributed by atoms with van der Waals surface area (Å²) < 4.78 is 16.2. The van der Waals surface area contributed by atoms with Crippen LogP contribution in [0.4, 0.5) is 10.5 Å². The molecule has 1 heterocycles. The van der Waals surface area contributed by atoms with Crippen LogP contribution >= 0.6 is 11.6 Å². The van der Waals surface area contributed by atoms with Gasteiger partial charge in [-0.3, -0.25) is 14.4 Å². The van der Waals surface area contributed by atoms with Crippen molar-refractivity contribution in [3.8, 4) is 17.2 Å². The Morgan fingerprint density at radius 2 is 1.61 bits per heavy atom. The predicted octanol–water partition coefficient (Wildman–Crippen LogP) is 5.40. The molecule has 3 amide bonds. The Labute approximate surface area is 224 Å². The fourth-order valence-corrected chi connectivity index (χ4v) is 3.97. The van der Waals surface area contributed by atoms with E-state index in [0.717, 1.165) is 5.56 Å². The molecule has 0 saturated carbocycles. The molecule has 4 rings (SSSR count). The lowest BCUT2D eigenvalue weighted by Crippen LogP contribution is -2.53. The molecule has 1 atom stereocenters. The molecule has 1 unspecified atom stereocenters. The van der Waals surface area contributed by atoms with Gasteiger partial charge < -0.3 is 19.5 Å². The number of benzene rings is 3. The monoisotopic (exact) mass is 536 g/mol. The molecule has 1 aliphatic heterocycles. The Morgan fingerprint density at radius 1 is 0.974 bits per heavy atom. The fraction of sp³-hybridized carbons (Fsp3) is 0.214. The van der Waals surface area contributed by atoms with Crippen LogP contribution in [-0.2, 0) is 14.3 Å².